The van der Waals surface area contributed by atoms with E-state index in [0.29, 0.717) is 5.56 Å². The minimum atomic E-state index is -1.10. The third kappa shape index (κ3) is 2.57. The molecule has 0 bridgehead atoms. The molecule has 1 aromatic heterocycles. The maximum absolute atomic E-state index is 13.4. The fraction of sp³-hybridized carbons (Fsp3) is 0.0714. The number of halogens is 1. The van der Waals surface area contributed by atoms with Gasteiger partial charge in [-0.05, 0) is 25.1 Å². The number of carboxylic acids is 1. The maximum atomic E-state index is 13.4. The molecule has 2 aromatic rings. The third-order valence-corrected chi connectivity index (χ3v) is 2.57. The second-order valence-corrected chi connectivity index (χ2v) is 3.98. The number of nitriles is 1. The van der Waals surface area contributed by atoms with Crippen molar-refractivity contribution in [2.75, 3.05) is 0 Å². The lowest BCUT2D eigenvalue weighted by Crippen LogP contribution is -2.00. The highest BCUT2D eigenvalue weighted by Crippen LogP contribution is 2.27. The first-order valence-electron chi connectivity index (χ1n) is 5.59. The largest absolute Gasteiger partial charge is 0.478 e. The monoisotopic (exact) mass is 272 g/mol. The van der Waals surface area contributed by atoms with E-state index in [1.807, 2.05) is 0 Å². The van der Waals surface area contributed by atoms with Crippen molar-refractivity contribution in [3.05, 3.63) is 53.0 Å². The van der Waals surface area contributed by atoms with Gasteiger partial charge in [-0.3, -0.25) is 0 Å². The summed E-state index contributed by atoms with van der Waals surface area (Å²) in [5.41, 5.74) is 0.267. The van der Waals surface area contributed by atoms with Crippen LogP contribution < -0.4 is 4.74 Å². The predicted octanol–water partition coefficient (Wildman–Crippen LogP) is 2.89. The standard InChI is InChI=1S/C14H9FN2O3/c1-8-5-9(14(18)19)7-17-13(8)20-12-4-2-3-11(15)10(12)6-16/h2-5,7H,1H3,(H,18,19). The van der Waals surface area contributed by atoms with Gasteiger partial charge in [0.1, 0.15) is 23.2 Å². The highest BCUT2D eigenvalue weighted by molar-refractivity contribution is 5.87. The van der Waals surface area contributed by atoms with Gasteiger partial charge in [0.05, 0.1) is 5.56 Å². The lowest BCUT2D eigenvalue weighted by molar-refractivity contribution is 0.0696. The Bertz CT molecular complexity index is 723. The smallest absolute Gasteiger partial charge is 0.337 e. The number of hydrogen-bond acceptors (Lipinski definition) is 4. The van der Waals surface area contributed by atoms with Crippen LogP contribution in [0.15, 0.2) is 30.5 Å². The number of rotatable bonds is 3. The van der Waals surface area contributed by atoms with E-state index in [1.54, 1.807) is 13.0 Å². The van der Waals surface area contributed by atoms with Gasteiger partial charge in [-0.15, -0.1) is 0 Å². The zero-order valence-electron chi connectivity index (χ0n) is 10.4. The molecule has 0 saturated carbocycles. The first kappa shape index (κ1) is 13.5. The average molecular weight is 272 g/mol. The molecular weight excluding hydrogens is 263 g/mol. The first-order valence-corrected chi connectivity index (χ1v) is 5.59. The molecule has 0 aliphatic rings. The van der Waals surface area contributed by atoms with Crippen LogP contribution in [0.25, 0.3) is 0 Å². The van der Waals surface area contributed by atoms with Gasteiger partial charge in [-0.25, -0.2) is 14.2 Å². The molecule has 0 atom stereocenters. The molecular formula is C14H9FN2O3. The summed E-state index contributed by atoms with van der Waals surface area (Å²) in [5.74, 6) is -1.64. The van der Waals surface area contributed by atoms with Crippen molar-refractivity contribution in [1.82, 2.24) is 4.98 Å². The van der Waals surface area contributed by atoms with Gasteiger partial charge in [0.25, 0.3) is 0 Å². The topological polar surface area (TPSA) is 83.2 Å². The lowest BCUT2D eigenvalue weighted by Gasteiger charge is -2.09. The maximum Gasteiger partial charge on any atom is 0.337 e. The number of carboxylic acid groups (broad SMARTS) is 1. The lowest BCUT2D eigenvalue weighted by atomic mass is 10.2. The number of aromatic carboxylic acids is 1. The van der Waals surface area contributed by atoms with Gasteiger partial charge in [0.15, 0.2) is 0 Å². The SMILES string of the molecule is Cc1cc(C(=O)O)cnc1Oc1cccc(F)c1C#N. The van der Waals surface area contributed by atoms with Gasteiger partial charge >= 0.3 is 5.97 Å². The van der Waals surface area contributed by atoms with E-state index >= 15 is 0 Å². The molecule has 0 aliphatic carbocycles. The van der Waals surface area contributed by atoms with Crippen LogP contribution in [0, 0.1) is 24.1 Å². The van der Waals surface area contributed by atoms with Gasteiger partial charge in [-0.2, -0.15) is 5.26 Å². The molecule has 0 spiro atoms. The molecule has 0 unspecified atom stereocenters. The van der Waals surface area contributed by atoms with Crippen LogP contribution in [0.4, 0.5) is 4.39 Å². The fourth-order valence-corrected chi connectivity index (χ4v) is 1.59. The quantitative estimate of drug-likeness (QED) is 0.928. The fourth-order valence-electron chi connectivity index (χ4n) is 1.59. The Morgan fingerprint density at radius 1 is 1.50 bits per heavy atom. The minimum Gasteiger partial charge on any atom is -0.478 e. The Labute approximate surface area is 113 Å². The van der Waals surface area contributed by atoms with Crippen LogP contribution >= 0.6 is 0 Å². The second kappa shape index (κ2) is 5.36. The number of carbonyl (C=O) groups is 1. The highest BCUT2D eigenvalue weighted by atomic mass is 19.1. The van der Waals surface area contributed by atoms with Gasteiger partial charge in [0.2, 0.25) is 5.88 Å². The van der Waals surface area contributed by atoms with Crippen LogP contribution in [0.5, 0.6) is 11.6 Å². The van der Waals surface area contributed by atoms with Gasteiger partial charge in [0, 0.05) is 11.8 Å². The molecule has 2 rings (SSSR count). The summed E-state index contributed by atoms with van der Waals surface area (Å²) in [4.78, 5) is 14.7. The molecule has 0 saturated heterocycles. The summed E-state index contributed by atoms with van der Waals surface area (Å²) < 4.78 is 18.8. The summed E-state index contributed by atoms with van der Waals surface area (Å²) >= 11 is 0. The van der Waals surface area contributed by atoms with E-state index in [2.05, 4.69) is 4.98 Å². The van der Waals surface area contributed by atoms with Crippen molar-refractivity contribution in [1.29, 1.82) is 5.26 Å². The number of aromatic nitrogens is 1. The summed E-state index contributed by atoms with van der Waals surface area (Å²) in [6, 6.07) is 7.10. The van der Waals surface area contributed by atoms with Crippen molar-refractivity contribution in [3.63, 3.8) is 0 Å². The zero-order valence-corrected chi connectivity index (χ0v) is 10.4. The number of nitrogens with zero attached hydrogens (tertiary/aromatic N) is 2. The van der Waals surface area contributed by atoms with Crippen LogP contribution in [0.3, 0.4) is 0 Å². The minimum absolute atomic E-state index is 0.0228. The summed E-state index contributed by atoms with van der Waals surface area (Å²) in [6.45, 7) is 1.61. The van der Waals surface area contributed by atoms with Crippen molar-refractivity contribution < 1.29 is 19.0 Å². The molecule has 5 nitrogen and oxygen atoms in total. The van der Waals surface area contributed by atoms with Crippen molar-refractivity contribution in [2.24, 2.45) is 0 Å². The molecule has 0 amide bonds. The molecule has 20 heavy (non-hydrogen) atoms. The Morgan fingerprint density at radius 3 is 2.85 bits per heavy atom. The Kier molecular flexibility index (Phi) is 3.62. The molecule has 1 heterocycles. The number of benzene rings is 1. The van der Waals surface area contributed by atoms with E-state index in [1.165, 1.54) is 18.2 Å². The van der Waals surface area contributed by atoms with Gasteiger partial charge in [-0.1, -0.05) is 6.07 Å². The third-order valence-electron chi connectivity index (χ3n) is 2.57. The van der Waals surface area contributed by atoms with Crippen molar-refractivity contribution in [3.8, 4) is 17.7 Å². The Balaban J connectivity index is 2.39. The van der Waals surface area contributed by atoms with Crippen LogP contribution in [-0.4, -0.2) is 16.1 Å². The number of pyridine rings is 1. The van der Waals surface area contributed by atoms with E-state index in [9.17, 15) is 9.18 Å². The van der Waals surface area contributed by atoms with E-state index in [4.69, 9.17) is 15.1 Å². The summed E-state index contributed by atoms with van der Waals surface area (Å²) in [6.07, 6.45) is 1.13. The highest BCUT2D eigenvalue weighted by Gasteiger charge is 2.13. The molecule has 0 aliphatic heterocycles. The Hall–Kier alpha value is -2.94. The van der Waals surface area contributed by atoms with Crippen molar-refractivity contribution >= 4 is 5.97 Å². The summed E-state index contributed by atoms with van der Waals surface area (Å²) in [5, 5.41) is 17.7. The summed E-state index contributed by atoms with van der Waals surface area (Å²) in [7, 11) is 0. The normalized spacial score (nSPS) is 9.85. The number of ether oxygens (including phenoxy) is 1. The molecule has 0 radical (unpaired) electrons. The van der Waals surface area contributed by atoms with E-state index in [-0.39, 0.29) is 22.8 Å². The molecule has 6 heteroatoms. The number of aryl methyl sites for hydroxylation is 1. The van der Waals surface area contributed by atoms with Crippen LogP contribution in [-0.2, 0) is 0 Å². The van der Waals surface area contributed by atoms with Crippen molar-refractivity contribution in [2.45, 2.75) is 6.92 Å². The molecule has 100 valence electrons. The van der Waals surface area contributed by atoms with E-state index < -0.39 is 11.8 Å². The Morgan fingerprint density at radius 2 is 2.25 bits per heavy atom. The first-order chi connectivity index (χ1) is 9.52. The molecule has 1 aromatic carbocycles. The second-order valence-electron chi connectivity index (χ2n) is 3.98. The zero-order chi connectivity index (χ0) is 14.7. The predicted molar refractivity (Wildman–Crippen MR) is 67.1 cm³/mol. The average Bonchev–Trinajstić information content (AvgIpc) is 2.41. The van der Waals surface area contributed by atoms with Crippen LogP contribution in [0.1, 0.15) is 21.5 Å². The molecule has 0 fully saturated rings. The molecule has 1 N–H and O–H groups in total. The van der Waals surface area contributed by atoms with Crippen LogP contribution in [0.2, 0.25) is 0 Å². The number of hydrogen-bond donors (Lipinski definition) is 1. The van der Waals surface area contributed by atoms with Gasteiger partial charge < -0.3 is 9.84 Å². The van der Waals surface area contributed by atoms with E-state index in [0.717, 1.165) is 12.3 Å².